The fourth-order valence-electron chi connectivity index (χ4n) is 10.1. The highest BCUT2D eigenvalue weighted by Gasteiger charge is 2.51. The molecule has 0 aliphatic carbocycles. The van der Waals surface area contributed by atoms with Crippen LogP contribution in [0.5, 0.6) is 0 Å². The zero-order valence-corrected chi connectivity index (χ0v) is 42.1. The summed E-state index contributed by atoms with van der Waals surface area (Å²) in [6, 6.07) is 58.6. The van der Waals surface area contributed by atoms with E-state index < -0.39 is 37.1 Å². The number of nitrogens with zero attached hydrogens (tertiary/aromatic N) is 7. The Morgan fingerprint density at radius 2 is 1.34 bits per heavy atom. The molecule has 0 bridgehead atoms. The van der Waals surface area contributed by atoms with Crippen LogP contribution < -0.4 is 15.7 Å². The number of amides is 1. The van der Waals surface area contributed by atoms with E-state index in [0.29, 0.717) is 28.4 Å². The van der Waals surface area contributed by atoms with Crippen molar-refractivity contribution in [3.05, 3.63) is 246 Å². The lowest BCUT2D eigenvalue weighted by Gasteiger charge is -2.42. The minimum atomic E-state index is -3.56. The molecule has 0 saturated carbocycles. The summed E-state index contributed by atoms with van der Waals surface area (Å²) in [5.74, 6) is -0.825. The predicted octanol–water partition coefficient (Wildman–Crippen LogP) is 10.4. The van der Waals surface area contributed by atoms with Crippen molar-refractivity contribution in [2.24, 2.45) is 5.92 Å². The highest BCUT2D eigenvalue weighted by molar-refractivity contribution is 6.98. The molecule has 10 aromatic rings. The summed E-state index contributed by atoms with van der Waals surface area (Å²) in [4.78, 5) is 40.2. The molecule has 0 unspecified atom stereocenters. The predicted molar refractivity (Wildman–Crippen MR) is 283 cm³/mol. The molecule has 15 heteroatoms. The second-order valence-corrected chi connectivity index (χ2v) is 23.1. The van der Waals surface area contributed by atoms with E-state index in [1.165, 1.54) is 6.20 Å². The number of hydrogen-bond acceptors (Lipinski definition) is 9. The van der Waals surface area contributed by atoms with Gasteiger partial charge >= 0.3 is 0 Å². The summed E-state index contributed by atoms with van der Waals surface area (Å²) in [5, 5.41) is 12.7. The van der Waals surface area contributed by atoms with Gasteiger partial charge in [0.1, 0.15) is 29.8 Å². The number of imidazole rings is 1. The SMILES string of the molecule is Cc1ccc(-c2noc(C[C@H](CC(C)(C)[Si](O)(c3ccccc3)c3ccccc3)C(F)F)n2)cc1NC(=O)c1cnc2cc(COCc3ncn(C(c4ccccc4)(c4ccccc4)c4ccccc4)n3)ccn12. The van der Waals surface area contributed by atoms with Crippen molar-refractivity contribution in [3.8, 4) is 11.4 Å². The molecule has 0 aliphatic rings. The molecular weight excluding hydrogens is 951 g/mol. The van der Waals surface area contributed by atoms with Crippen LogP contribution in [-0.4, -0.2) is 59.7 Å². The third kappa shape index (κ3) is 9.72. The van der Waals surface area contributed by atoms with Crippen molar-refractivity contribution in [1.29, 1.82) is 0 Å². The fourth-order valence-corrected chi connectivity index (χ4v) is 13.9. The number of carbonyl (C=O) groups excluding carboxylic acids is 1. The van der Waals surface area contributed by atoms with Gasteiger partial charge in [-0.1, -0.05) is 183 Å². The number of ether oxygens (including phenoxy) is 1. The van der Waals surface area contributed by atoms with Crippen LogP contribution in [0.4, 0.5) is 14.5 Å². The Kier molecular flexibility index (Phi) is 14.1. The molecule has 2 N–H and O–H groups in total. The summed E-state index contributed by atoms with van der Waals surface area (Å²) in [6.45, 7) is 5.99. The maximum Gasteiger partial charge on any atom is 0.274 e. The largest absolute Gasteiger partial charge is 0.424 e. The van der Waals surface area contributed by atoms with Crippen LogP contribution in [0, 0.1) is 12.8 Å². The van der Waals surface area contributed by atoms with Crippen molar-refractivity contribution in [2.75, 3.05) is 5.32 Å². The molecule has 12 nitrogen and oxygen atoms in total. The molecule has 4 heterocycles. The van der Waals surface area contributed by atoms with Gasteiger partial charge in [0.2, 0.25) is 18.1 Å². The van der Waals surface area contributed by atoms with Crippen LogP contribution in [0.25, 0.3) is 17.0 Å². The molecule has 0 fully saturated rings. The lowest BCUT2D eigenvalue weighted by atomic mass is 9.77. The molecule has 1 amide bonds. The van der Waals surface area contributed by atoms with Gasteiger partial charge < -0.3 is 19.4 Å². The first-order valence-corrected chi connectivity index (χ1v) is 26.4. The highest BCUT2D eigenvalue weighted by Crippen LogP contribution is 2.44. The zero-order valence-electron chi connectivity index (χ0n) is 41.1. The Morgan fingerprint density at radius 1 is 0.757 bits per heavy atom. The van der Waals surface area contributed by atoms with E-state index in [0.717, 1.165) is 38.2 Å². The average molecular weight is 1010 g/mol. The third-order valence-electron chi connectivity index (χ3n) is 13.9. The molecule has 0 spiro atoms. The van der Waals surface area contributed by atoms with Crippen LogP contribution in [0.1, 0.15) is 70.3 Å². The molecule has 4 aromatic heterocycles. The fraction of sp³-hybridized carbons (Fsp3) is 0.186. The van der Waals surface area contributed by atoms with Gasteiger partial charge in [-0.3, -0.25) is 9.20 Å². The topological polar surface area (TPSA) is 145 Å². The number of benzene rings is 6. The summed E-state index contributed by atoms with van der Waals surface area (Å²) < 4.78 is 45.3. The monoisotopic (exact) mass is 1000 g/mol. The Morgan fingerprint density at radius 3 is 1.92 bits per heavy atom. The highest BCUT2D eigenvalue weighted by atomic mass is 28.4. The van der Waals surface area contributed by atoms with E-state index in [9.17, 15) is 18.4 Å². The van der Waals surface area contributed by atoms with E-state index >= 15 is 0 Å². The van der Waals surface area contributed by atoms with Crippen LogP contribution in [0.3, 0.4) is 0 Å². The number of nitrogens with one attached hydrogen (secondary N) is 1. The Labute approximate surface area is 428 Å². The van der Waals surface area contributed by atoms with Crippen molar-refractivity contribution < 1.29 is 27.6 Å². The summed E-state index contributed by atoms with van der Waals surface area (Å²) in [7, 11) is -3.56. The van der Waals surface area contributed by atoms with Crippen molar-refractivity contribution in [1.82, 2.24) is 34.3 Å². The first-order valence-electron chi connectivity index (χ1n) is 24.4. The number of fused-ring (bicyclic) bond motifs is 1. The number of aryl methyl sites for hydroxylation is 1. The minimum absolute atomic E-state index is 0.000819. The van der Waals surface area contributed by atoms with E-state index in [1.54, 1.807) is 29.1 Å². The number of alkyl halides is 2. The number of anilines is 1. The molecule has 0 aliphatic heterocycles. The maximum atomic E-state index is 14.9. The number of halogens is 2. The van der Waals surface area contributed by atoms with Crippen LogP contribution in [0.15, 0.2) is 205 Å². The van der Waals surface area contributed by atoms with E-state index in [-0.39, 0.29) is 37.8 Å². The third-order valence-corrected chi connectivity index (χ3v) is 18.4. The second-order valence-electron chi connectivity index (χ2n) is 19.1. The Balaban J connectivity index is 0.802. The van der Waals surface area contributed by atoms with Gasteiger partial charge in [-0.2, -0.15) is 10.1 Å². The summed E-state index contributed by atoms with van der Waals surface area (Å²) in [6.07, 6.45) is 2.14. The average Bonchev–Trinajstić information content (AvgIpc) is 4.24. The summed E-state index contributed by atoms with van der Waals surface area (Å²) >= 11 is 0. The second kappa shape index (κ2) is 21.1. The summed E-state index contributed by atoms with van der Waals surface area (Å²) in [5.41, 5.74) is 5.83. The van der Waals surface area contributed by atoms with Gasteiger partial charge in [-0.25, -0.2) is 23.4 Å². The lowest BCUT2D eigenvalue weighted by Crippen LogP contribution is -2.65. The minimum Gasteiger partial charge on any atom is -0.424 e. The van der Waals surface area contributed by atoms with E-state index in [4.69, 9.17) is 19.3 Å². The van der Waals surface area contributed by atoms with Crippen molar-refractivity contribution >= 4 is 35.9 Å². The van der Waals surface area contributed by atoms with Crippen molar-refractivity contribution in [2.45, 2.75) is 63.8 Å². The Hall–Kier alpha value is -8.24. The molecular formula is C59H54F2N8O4Si. The number of carbonyl (C=O) groups is 1. The number of pyridine rings is 1. The maximum absolute atomic E-state index is 14.9. The van der Waals surface area contributed by atoms with E-state index in [2.05, 4.69) is 56.8 Å². The molecule has 1 atom stereocenters. The first-order chi connectivity index (χ1) is 35.9. The smallest absolute Gasteiger partial charge is 0.274 e. The number of aromatic nitrogens is 7. The quantitative estimate of drug-likeness (QED) is 0.0597. The van der Waals surface area contributed by atoms with Crippen LogP contribution in [0.2, 0.25) is 5.04 Å². The normalized spacial score (nSPS) is 12.6. The van der Waals surface area contributed by atoms with E-state index in [1.807, 2.05) is 159 Å². The Bertz CT molecular complexity index is 3350. The number of rotatable bonds is 19. The molecule has 6 aromatic carbocycles. The lowest BCUT2D eigenvalue weighted by molar-refractivity contribution is 0.0609. The van der Waals surface area contributed by atoms with Crippen LogP contribution >= 0.6 is 0 Å². The van der Waals surface area contributed by atoms with Gasteiger partial charge in [0.25, 0.3) is 14.2 Å². The van der Waals surface area contributed by atoms with Gasteiger partial charge in [0.05, 0.1) is 12.8 Å². The van der Waals surface area contributed by atoms with Gasteiger partial charge in [0, 0.05) is 29.8 Å². The molecule has 10 rings (SSSR count). The molecule has 372 valence electrons. The van der Waals surface area contributed by atoms with Gasteiger partial charge in [-0.05, 0) is 74.8 Å². The van der Waals surface area contributed by atoms with Crippen LogP contribution in [-0.2, 0) is 29.9 Å². The molecule has 0 radical (unpaired) electrons. The zero-order chi connectivity index (χ0) is 51.3. The number of hydrogen-bond donors (Lipinski definition) is 2. The van der Waals surface area contributed by atoms with Gasteiger partial charge in [0.15, 0.2) is 5.82 Å². The standard InChI is InChI=1S/C59H54F2N8O4Si/c1-41-29-30-43(56-65-54(73-67-56)35-44(55(60)61)36-58(2,3)74(71,48-25-15-7-16-26-48)49-27-17-8-18-28-49)34-50(41)64-57(70)51-37-62-53-33-42(31-32-68(51)53)38-72-39-52-63-40-69(66-52)59(45-19-9-4-10-20-45,46-21-11-5-12-22-46)47-23-13-6-14-24-47/h4-34,37,40,44,55,71H,35-36,38-39H2,1-3H3,(H,64,70)/t44-/m1/s1. The van der Waals surface area contributed by atoms with Crippen molar-refractivity contribution in [3.63, 3.8) is 0 Å². The van der Waals surface area contributed by atoms with Gasteiger partial charge in [-0.15, -0.1) is 0 Å². The first kappa shape index (κ1) is 49.3. The molecule has 0 saturated heterocycles. The molecule has 74 heavy (non-hydrogen) atoms.